The molecule has 1 saturated carbocycles. The molecule has 4 heteroatoms. The molecule has 4 nitrogen and oxygen atoms in total. The summed E-state index contributed by atoms with van der Waals surface area (Å²) in [5.41, 5.74) is 1.26. The molecule has 26 heavy (non-hydrogen) atoms. The quantitative estimate of drug-likeness (QED) is 0.831. The summed E-state index contributed by atoms with van der Waals surface area (Å²) in [6, 6.07) is 19.4. The van der Waals surface area contributed by atoms with Gasteiger partial charge in [0.15, 0.2) is 0 Å². The molecule has 0 amide bonds. The maximum atomic E-state index is 5.95. The van der Waals surface area contributed by atoms with E-state index in [4.69, 9.17) is 9.47 Å². The fourth-order valence-electron chi connectivity index (χ4n) is 4.18. The maximum Gasteiger partial charge on any atom is 0.127 e. The number of para-hydroxylation sites is 1. The third-order valence-corrected chi connectivity index (χ3v) is 5.48. The average molecular weight is 352 g/mol. The van der Waals surface area contributed by atoms with Gasteiger partial charge in [0.05, 0.1) is 13.2 Å². The van der Waals surface area contributed by atoms with Crippen LogP contribution in [-0.2, 0) is 11.3 Å². The predicted octanol–water partition coefficient (Wildman–Crippen LogP) is 3.73. The van der Waals surface area contributed by atoms with Gasteiger partial charge in [-0.15, -0.1) is 0 Å². The van der Waals surface area contributed by atoms with Crippen LogP contribution in [-0.4, -0.2) is 31.8 Å². The van der Waals surface area contributed by atoms with Crippen LogP contribution in [0.25, 0.3) is 0 Å². The number of ether oxygens (including phenoxy) is 2. The van der Waals surface area contributed by atoms with E-state index in [1.807, 2.05) is 36.4 Å². The summed E-state index contributed by atoms with van der Waals surface area (Å²) in [4.78, 5) is 0. The Labute approximate surface area is 155 Å². The van der Waals surface area contributed by atoms with Crippen molar-refractivity contribution in [3.8, 4) is 11.5 Å². The van der Waals surface area contributed by atoms with E-state index in [0.717, 1.165) is 37.8 Å². The fraction of sp³-hybridized carbons (Fsp3) is 0.455. The molecule has 2 aromatic rings. The molecule has 138 valence electrons. The Morgan fingerprint density at radius 3 is 2.77 bits per heavy atom. The molecule has 2 N–H and O–H groups in total. The lowest BCUT2D eigenvalue weighted by Crippen LogP contribution is -2.50. The zero-order valence-corrected chi connectivity index (χ0v) is 15.2. The normalized spacial score (nSPS) is 25.9. The van der Waals surface area contributed by atoms with Crippen molar-refractivity contribution in [1.29, 1.82) is 0 Å². The third-order valence-electron chi connectivity index (χ3n) is 5.48. The molecule has 0 bridgehead atoms. The molecule has 0 radical (unpaired) electrons. The first-order chi connectivity index (χ1) is 12.9. The number of hydrogen-bond donors (Lipinski definition) is 2. The molecule has 4 rings (SSSR count). The van der Waals surface area contributed by atoms with Gasteiger partial charge in [-0.25, -0.2) is 0 Å². The fourth-order valence-corrected chi connectivity index (χ4v) is 4.18. The first-order valence-corrected chi connectivity index (χ1v) is 9.75. The van der Waals surface area contributed by atoms with Crippen LogP contribution in [0, 0.1) is 5.92 Å². The van der Waals surface area contributed by atoms with Crippen LogP contribution >= 0.6 is 0 Å². The van der Waals surface area contributed by atoms with Crippen molar-refractivity contribution < 1.29 is 9.47 Å². The molecule has 1 aliphatic carbocycles. The summed E-state index contributed by atoms with van der Waals surface area (Å²) in [6.45, 7) is 3.55. The minimum Gasteiger partial charge on any atom is -0.457 e. The highest BCUT2D eigenvalue weighted by atomic mass is 16.5. The average Bonchev–Trinajstić information content (AvgIpc) is 3.17. The number of benzene rings is 2. The third kappa shape index (κ3) is 4.44. The molecule has 1 aliphatic heterocycles. The van der Waals surface area contributed by atoms with Crippen LogP contribution in [0.15, 0.2) is 54.6 Å². The summed E-state index contributed by atoms with van der Waals surface area (Å²) < 4.78 is 11.6. The summed E-state index contributed by atoms with van der Waals surface area (Å²) in [7, 11) is 0. The van der Waals surface area contributed by atoms with Crippen LogP contribution in [0.1, 0.15) is 24.8 Å². The maximum absolute atomic E-state index is 5.95. The highest BCUT2D eigenvalue weighted by molar-refractivity contribution is 5.33. The van der Waals surface area contributed by atoms with Crippen LogP contribution in [0.3, 0.4) is 0 Å². The molecule has 2 aromatic carbocycles. The van der Waals surface area contributed by atoms with Gasteiger partial charge in [-0.2, -0.15) is 0 Å². The predicted molar refractivity (Wildman–Crippen MR) is 104 cm³/mol. The number of rotatable bonds is 6. The smallest absolute Gasteiger partial charge is 0.127 e. The number of nitrogens with one attached hydrogen (secondary N) is 2. The molecule has 2 aliphatic rings. The zero-order chi connectivity index (χ0) is 17.6. The molecular formula is C22H28N2O2. The first-order valence-electron chi connectivity index (χ1n) is 9.75. The highest BCUT2D eigenvalue weighted by Crippen LogP contribution is 2.30. The van der Waals surface area contributed by atoms with Crippen molar-refractivity contribution >= 4 is 0 Å². The van der Waals surface area contributed by atoms with Gasteiger partial charge in [0, 0.05) is 25.2 Å². The van der Waals surface area contributed by atoms with Crippen molar-refractivity contribution in [2.75, 3.05) is 19.8 Å². The van der Waals surface area contributed by atoms with Gasteiger partial charge < -0.3 is 20.1 Å². The lowest BCUT2D eigenvalue weighted by atomic mass is 9.94. The Morgan fingerprint density at radius 2 is 1.92 bits per heavy atom. The summed E-state index contributed by atoms with van der Waals surface area (Å²) in [5.74, 6) is 2.43. The molecule has 1 heterocycles. The van der Waals surface area contributed by atoms with Gasteiger partial charge in [-0.05, 0) is 48.6 Å². The van der Waals surface area contributed by atoms with Gasteiger partial charge in [-0.1, -0.05) is 36.8 Å². The molecule has 3 atom stereocenters. The largest absolute Gasteiger partial charge is 0.457 e. The monoisotopic (exact) mass is 352 g/mol. The molecule has 1 saturated heterocycles. The SMILES string of the molecule is c1ccc(Oc2cccc(CNC3CCCC3C3COCCN3)c2)cc1. The Hall–Kier alpha value is -1.88. The van der Waals surface area contributed by atoms with Crippen LogP contribution in [0.5, 0.6) is 11.5 Å². The van der Waals surface area contributed by atoms with Crippen molar-refractivity contribution in [2.45, 2.75) is 37.9 Å². The van der Waals surface area contributed by atoms with E-state index >= 15 is 0 Å². The minimum atomic E-state index is 0.497. The van der Waals surface area contributed by atoms with Crippen LogP contribution < -0.4 is 15.4 Å². The topological polar surface area (TPSA) is 42.5 Å². The molecule has 3 unspecified atom stereocenters. The lowest BCUT2D eigenvalue weighted by molar-refractivity contribution is 0.0524. The van der Waals surface area contributed by atoms with Crippen molar-refractivity contribution in [3.05, 3.63) is 60.2 Å². The van der Waals surface area contributed by atoms with Gasteiger partial charge in [0.1, 0.15) is 11.5 Å². The molecule has 0 aromatic heterocycles. The van der Waals surface area contributed by atoms with Gasteiger partial charge in [-0.3, -0.25) is 0 Å². The second kappa shape index (κ2) is 8.67. The van der Waals surface area contributed by atoms with Crippen molar-refractivity contribution in [3.63, 3.8) is 0 Å². The minimum absolute atomic E-state index is 0.497. The first kappa shape index (κ1) is 17.5. The molecular weight excluding hydrogens is 324 g/mol. The Balaban J connectivity index is 1.34. The van der Waals surface area contributed by atoms with Gasteiger partial charge in [0.25, 0.3) is 0 Å². The Kier molecular flexibility index (Phi) is 5.85. The van der Waals surface area contributed by atoms with Crippen LogP contribution in [0.2, 0.25) is 0 Å². The van der Waals surface area contributed by atoms with Crippen molar-refractivity contribution in [1.82, 2.24) is 10.6 Å². The Morgan fingerprint density at radius 1 is 1.04 bits per heavy atom. The zero-order valence-electron chi connectivity index (χ0n) is 15.2. The van der Waals surface area contributed by atoms with Gasteiger partial charge >= 0.3 is 0 Å². The van der Waals surface area contributed by atoms with E-state index < -0.39 is 0 Å². The van der Waals surface area contributed by atoms with E-state index in [1.54, 1.807) is 0 Å². The van der Waals surface area contributed by atoms with E-state index in [2.05, 4.69) is 28.8 Å². The van der Waals surface area contributed by atoms with Crippen LogP contribution in [0.4, 0.5) is 0 Å². The summed E-state index contributed by atoms with van der Waals surface area (Å²) >= 11 is 0. The van der Waals surface area contributed by atoms with E-state index in [-0.39, 0.29) is 0 Å². The Bertz CT molecular complexity index is 686. The summed E-state index contributed by atoms with van der Waals surface area (Å²) in [5, 5.41) is 7.43. The molecule has 2 fully saturated rings. The van der Waals surface area contributed by atoms with Crippen molar-refractivity contribution in [2.24, 2.45) is 5.92 Å². The van der Waals surface area contributed by atoms with E-state index in [9.17, 15) is 0 Å². The second-order valence-corrected chi connectivity index (χ2v) is 7.28. The molecule has 0 spiro atoms. The lowest BCUT2D eigenvalue weighted by Gasteiger charge is -2.33. The van der Waals surface area contributed by atoms with E-state index in [1.165, 1.54) is 24.8 Å². The second-order valence-electron chi connectivity index (χ2n) is 7.28. The summed E-state index contributed by atoms with van der Waals surface area (Å²) in [6.07, 6.45) is 3.84. The number of hydrogen-bond acceptors (Lipinski definition) is 4. The van der Waals surface area contributed by atoms with Gasteiger partial charge in [0.2, 0.25) is 0 Å². The highest BCUT2D eigenvalue weighted by Gasteiger charge is 2.34. The standard InChI is InChI=1S/C22H28N2O2/c1-2-7-18(8-3-1)26-19-9-4-6-17(14-19)15-24-21-11-5-10-20(21)22-16-25-13-12-23-22/h1-4,6-9,14,20-24H,5,10-13,15-16H2. The van der Waals surface area contributed by atoms with E-state index in [0.29, 0.717) is 18.0 Å². The number of morpholine rings is 1.